The van der Waals surface area contributed by atoms with E-state index in [0.29, 0.717) is 5.75 Å². The van der Waals surface area contributed by atoms with Crippen molar-refractivity contribution < 1.29 is 5.21 Å². The van der Waals surface area contributed by atoms with Gasteiger partial charge in [-0.15, -0.1) is 11.3 Å². The van der Waals surface area contributed by atoms with Crippen molar-refractivity contribution in [1.82, 2.24) is 4.98 Å². The largest absolute Gasteiger partial charge is 0.409 e. The summed E-state index contributed by atoms with van der Waals surface area (Å²) in [6, 6.07) is 0. The predicted molar refractivity (Wildman–Crippen MR) is 51.0 cm³/mol. The monoisotopic (exact) mass is 203 g/mol. The average Bonchev–Trinajstić information content (AvgIpc) is 2.47. The van der Waals surface area contributed by atoms with Crippen LogP contribution >= 0.6 is 23.1 Å². The molecule has 0 fully saturated rings. The maximum absolute atomic E-state index is 8.25. The minimum Gasteiger partial charge on any atom is -0.409 e. The molecule has 6 heteroatoms. The molecule has 66 valence electrons. The molecule has 0 aromatic carbocycles. The van der Waals surface area contributed by atoms with E-state index in [1.165, 1.54) is 11.8 Å². The standard InChI is InChI=1S/C6H9N3OS2/c1-4-2-11-6(8-4)12-3-5(7)9-10/h2,10H,3H2,1H3,(H2,7,9). The summed E-state index contributed by atoms with van der Waals surface area (Å²) in [6.45, 7) is 1.93. The Morgan fingerprint density at radius 1 is 1.92 bits per heavy atom. The van der Waals surface area contributed by atoms with Crippen LogP contribution in [0, 0.1) is 6.92 Å². The van der Waals surface area contributed by atoms with Crippen molar-refractivity contribution in [3.8, 4) is 0 Å². The first kappa shape index (κ1) is 9.34. The number of oxime groups is 1. The van der Waals surface area contributed by atoms with E-state index < -0.39 is 0 Å². The van der Waals surface area contributed by atoms with Crippen molar-refractivity contribution >= 4 is 28.9 Å². The van der Waals surface area contributed by atoms with Crippen molar-refractivity contribution in [3.05, 3.63) is 11.1 Å². The van der Waals surface area contributed by atoms with Gasteiger partial charge in [-0.2, -0.15) is 0 Å². The number of rotatable bonds is 3. The first-order chi connectivity index (χ1) is 5.72. The van der Waals surface area contributed by atoms with Gasteiger partial charge in [-0.1, -0.05) is 16.9 Å². The third-order valence-electron chi connectivity index (χ3n) is 1.07. The Hall–Kier alpha value is -0.750. The van der Waals surface area contributed by atoms with Crippen LogP contribution in [0.5, 0.6) is 0 Å². The van der Waals surface area contributed by atoms with Crippen molar-refractivity contribution in [2.45, 2.75) is 11.3 Å². The fraction of sp³-hybridized carbons (Fsp3) is 0.333. The SMILES string of the molecule is Cc1csc(SC/C(N)=N/O)n1. The molecule has 0 radical (unpaired) electrons. The lowest BCUT2D eigenvalue weighted by Gasteiger charge is -1.93. The molecular formula is C6H9N3OS2. The highest BCUT2D eigenvalue weighted by Crippen LogP contribution is 2.21. The molecular weight excluding hydrogens is 194 g/mol. The molecule has 1 aromatic rings. The Labute approximate surface area is 78.5 Å². The van der Waals surface area contributed by atoms with Gasteiger partial charge in [-0.3, -0.25) is 0 Å². The topological polar surface area (TPSA) is 71.5 Å². The van der Waals surface area contributed by atoms with Crippen LogP contribution in [0.3, 0.4) is 0 Å². The highest BCUT2D eigenvalue weighted by Gasteiger charge is 2.00. The zero-order valence-electron chi connectivity index (χ0n) is 6.52. The molecule has 0 bridgehead atoms. The van der Waals surface area contributed by atoms with Gasteiger partial charge in [0, 0.05) is 11.1 Å². The maximum atomic E-state index is 8.25. The molecule has 1 heterocycles. The molecule has 0 aliphatic rings. The first-order valence-electron chi connectivity index (χ1n) is 3.23. The van der Waals surface area contributed by atoms with E-state index in [1.807, 2.05) is 12.3 Å². The van der Waals surface area contributed by atoms with Gasteiger partial charge in [0.2, 0.25) is 0 Å². The van der Waals surface area contributed by atoms with Gasteiger partial charge in [-0.25, -0.2) is 4.98 Å². The van der Waals surface area contributed by atoms with Crippen LogP contribution in [0.1, 0.15) is 5.69 Å². The van der Waals surface area contributed by atoms with E-state index in [-0.39, 0.29) is 5.84 Å². The highest BCUT2D eigenvalue weighted by molar-refractivity contribution is 8.01. The third-order valence-corrected chi connectivity index (χ3v) is 3.24. The number of thioether (sulfide) groups is 1. The molecule has 0 spiro atoms. The van der Waals surface area contributed by atoms with Crippen LogP contribution in [-0.2, 0) is 0 Å². The molecule has 1 rings (SSSR count). The van der Waals surface area contributed by atoms with E-state index in [9.17, 15) is 0 Å². The molecule has 0 amide bonds. The van der Waals surface area contributed by atoms with E-state index >= 15 is 0 Å². The molecule has 0 saturated carbocycles. The second kappa shape index (κ2) is 4.32. The van der Waals surface area contributed by atoms with Crippen LogP contribution in [0.25, 0.3) is 0 Å². The van der Waals surface area contributed by atoms with Crippen molar-refractivity contribution in [3.63, 3.8) is 0 Å². The number of amidine groups is 1. The number of nitrogens with zero attached hydrogens (tertiary/aromatic N) is 2. The number of hydrogen-bond donors (Lipinski definition) is 2. The van der Waals surface area contributed by atoms with Crippen LogP contribution < -0.4 is 5.73 Å². The van der Waals surface area contributed by atoms with Crippen molar-refractivity contribution in [1.29, 1.82) is 0 Å². The lowest BCUT2D eigenvalue weighted by molar-refractivity contribution is 0.318. The predicted octanol–water partition coefficient (Wildman–Crippen LogP) is 1.29. The fourth-order valence-electron chi connectivity index (χ4n) is 0.563. The summed E-state index contributed by atoms with van der Waals surface area (Å²) in [4.78, 5) is 4.21. The number of aromatic nitrogens is 1. The number of aryl methyl sites for hydroxylation is 1. The van der Waals surface area contributed by atoms with Gasteiger partial charge in [0.05, 0.1) is 5.75 Å². The highest BCUT2D eigenvalue weighted by atomic mass is 32.2. The Morgan fingerprint density at radius 3 is 3.17 bits per heavy atom. The van der Waals surface area contributed by atoms with Crippen LogP contribution in [0.4, 0.5) is 0 Å². The van der Waals surface area contributed by atoms with E-state index in [4.69, 9.17) is 10.9 Å². The smallest absolute Gasteiger partial charge is 0.150 e. The van der Waals surface area contributed by atoms with Gasteiger partial charge in [-0.05, 0) is 6.92 Å². The summed E-state index contributed by atoms with van der Waals surface area (Å²) >= 11 is 3.03. The van der Waals surface area contributed by atoms with Crippen LogP contribution in [-0.4, -0.2) is 21.8 Å². The molecule has 3 N–H and O–H groups in total. The molecule has 0 atom stereocenters. The quantitative estimate of drug-likeness (QED) is 0.255. The minimum atomic E-state index is 0.216. The maximum Gasteiger partial charge on any atom is 0.150 e. The molecule has 1 aromatic heterocycles. The average molecular weight is 203 g/mol. The summed E-state index contributed by atoms with van der Waals surface area (Å²) < 4.78 is 0.944. The molecule has 12 heavy (non-hydrogen) atoms. The first-order valence-corrected chi connectivity index (χ1v) is 5.10. The van der Waals surface area contributed by atoms with Crippen LogP contribution in [0.15, 0.2) is 14.9 Å². The lowest BCUT2D eigenvalue weighted by Crippen LogP contribution is -2.13. The van der Waals surface area contributed by atoms with Gasteiger partial charge < -0.3 is 10.9 Å². The zero-order chi connectivity index (χ0) is 8.97. The Balaban J connectivity index is 2.43. The molecule has 0 unspecified atom stereocenters. The molecule has 4 nitrogen and oxygen atoms in total. The summed E-state index contributed by atoms with van der Waals surface area (Å²) in [6.07, 6.45) is 0. The number of hydrogen-bond acceptors (Lipinski definition) is 5. The third kappa shape index (κ3) is 2.71. The Bertz CT molecular complexity index is 284. The normalized spacial score (nSPS) is 11.9. The zero-order valence-corrected chi connectivity index (χ0v) is 8.15. The minimum absolute atomic E-state index is 0.216. The van der Waals surface area contributed by atoms with Gasteiger partial charge >= 0.3 is 0 Å². The van der Waals surface area contributed by atoms with E-state index in [1.54, 1.807) is 11.3 Å². The van der Waals surface area contributed by atoms with Gasteiger partial charge in [0.1, 0.15) is 5.84 Å². The van der Waals surface area contributed by atoms with Crippen molar-refractivity contribution in [2.75, 3.05) is 5.75 Å². The molecule has 0 aliphatic carbocycles. The number of thiazole rings is 1. The summed E-state index contributed by atoms with van der Waals surface area (Å²) in [5, 5.41) is 13.1. The van der Waals surface area contributed by atoms with E-state index in [0.717, 1.165) is 10.0 Å². The summed E-state index contributed by atoms with van der Waals surface area (Å²) in [5.74, 6) is 0.691. The Kier molecular flexibility index (Phi) is 3.36. The molecule has 0 aliphatic heterocycles. The molecule has 0 saturated heterocycles. The second-order valence-electron chi connectivity index (χ2n) is 2.13. The van der Waals surface area contributed by atoms with Crippen molar-refractivity contribution in [2.24, 2.45) is 10.9 Å². The summed E-state index contributed by atoms with van der Waals surface area (Å²) in [7, 11) is 0. The number of nitrogens with two attached hydrogens (primary N) is 1. The fourth-order valence-corrected chi connectivity index (χ4v) is 2.21. The van der Waals surface area contributed by atoms with Crippen LogP contribution in [0.2, 0.25) is 0 Å². The van der Waals surface area contributed by atoms with Gasteiger partial charge in [0.15, 0.2) is 4.34 Å². The summed E-state index contributed by atoms with van der Waals surface area (Å²) in [5.41, 5.74) is 6.29. The Morgan fingerprint density at radius 2 is 2.67 bits per heavy atom. The second-order valence-corrected chi connectivity index (χ2v) is 4.22. The van der Waals surface area contributed by atoms with Gasteiger partial charge in [0.25, 0.3) is 0 Å². The lowest BCUT2D eigenvalue weighted by atomic mass is 10.6. The van der Waals surface area contributed by atoms with E-state index in [2.05, 4.69) is 10.1 Å².